The van der Waals surface area contributed by atoms with Gasteiger partial charge in [-0.3, -0.25) is 5.10 Å². The summed E-state index contributed by atoms with van der Waals surface area (Å²) in [6.45, 7) is 7.36. The lowest BCUT2D eigenvalue weighted by Crippen LogP contribution is -2.50. The van der Waals surface area contributed by atoms with Crippen LogP contribution in [0.5, 0.6) is 5.75 Å². The van der Waals surface area contributed by atoms with Crippen molar-refractivity contribution in [1.29, 1.82) is 0 Å². The minimum atomic E-state index is -0.00220. The first kappa shape index (κ1) is 17.4. The molecule has 1 aromatic carbocycles. The van der Waals surface area contributed by atoms with Crippen molar-refractivity contribution >= 4 is 16.7 Å². The lowest BCUT2D eigenvalue weighted by Gasteiger charge is -2.38. The monoisotopic (exact) mass is 378 g/mol. The van der Waals surface area contributed by atoms with E-state index in [4.69, 9.17) is 4.74 Å². The highest BCUT2D eigenvalue weighted by atomic mass is 16.5. The fourth-order valence-corrected chi connectivity index (χ4v) is 3.72. The van der Waals surface area contributed by atoms with Gasteiger partial charge < -0.3 is 14.5 Å². The molecule has 1 unspecified atom stereocenters. The van der Waals surface area contributed by atoms with Gasteiger partial charge in [0, 0.05) is 37.1 Å². The van der Waals surface area contributed by atoms with E-state index in [9.17, 15) is 0 Å². The summed E-state index contributed by atoms with van der Waals surface area (Å²) in [4.78, 5) is 13.7. The number of H-pyrrole nitrogens is 1. The maximum absolute atomic E-state index is 6.13. The van der Waals surface area contributed by atoms with E-state index >= 15 is 0 Å². The summed E-state index contributed by atoms with van der Waals surface area (Å²) < 4.78 is 6.13. The van der Waals surface area contributed by atoms with Crippen LogP contribution < -0.4 is 9.64 Å². The number of benzene rings is 1. The number of nitrogens with one attached hydrogen (secondary N) is 1. The molecule has 1 saturated carbocycles. The van der Waals surface area contributed by atoms with Gasteiger partial charge in [-0.25, -0.2) is 9.97 Å². The highest BCUT2D eigenvalue weighted by Crippen LogP contribution is 2.40. The molecule has 3 aromatic rings. The van der Waals surface area contributed by atoms with Crippen molar-refractivity contribution in [2.45, 2.75) is 38.3 Å². The van der Waals surface area contributed by atoms with E-state index in [0.29, 0.717) is 6.04 Å². The van der Waals surface area contributed by atoms with E-state index in [0.717, 1.165) is 66.3 Å². The summed E-state index contributed by atoms with van der Waals surface area (Å²) in [7, 11) is 2.17. The fraction of sp³-hybridized carbons (Fsp3) is 0.476. The number of fused-ring (bicyclic) bond motifs is 1. The lowest BCUT2D eigenvalue weighted by atomic mass is 10.1. The van der Waals surface area contributed by atoms with Gasteiger partial charge in [0.15, 0.2) is 0 Å². The van der Waals surface area contributed by atoms with E-state index in [1.165, 1.54) is 0 Å². The normalized spacial score (nSPS) is 21.8. The Morgan fingerprint density at radius 1 is 1.18 bits per heavy atom. The van der Waals surface area contributed by atoms with Gasteiger partial charge in [0.25, 0.3) is 0 Å². The number of anilines is 1. The number of aromatic amines is 1. The molecule has 3 heterocycles. The number of aromatic nitrogens is 4. The molecule has 2 aliphatic rings. The second-order valence-electron chi connectivity index (χ2n) is 8.37. The van der Waals surface area contributed by atoms with Crippen LogP contribution in [-0.2, 0) is 0 Å². The molecule has 1 aliphatic carbocycles. The van der Waals surface area contributed by atoms with Crippen LogP contribution in [0.3, 0.4) is 0 Å². The largest absolute Gasteiger partial charge is 0.488 e. The van der Waals surface area contributed by atoms with Gasteiger partial charge in [0.1, 0.15) is 29.2 Å². The summed E-state index contributed by atoms with van der Waals surface area (Å²) in [5.41, 5.74) is 2.65. The molecule has 5 rings (SSSR count). The zero-order chi connectivity index (χ0) is 19.3. The maximum atomic E-state index is 6.13. The van der Waals surface area contributed by atoms with Crippen LogP contribution >= 0.6 is 0 Å². The molecule has 146 valence electrons. The molecule has 0 amide bonds. The third-order valence-electron chi connectivity index (χ3n) is 6.03. The summed E-state index contributed by atoms with van der Waals surface area (Å²) in [5, 5.41) is 8.68. The molecule has 1 atom stereocenters. The van der Waals surface area contributed by atoms with E-state index in [1.807, 2.05) is 18.2 Å². The molecule has 2 aromatic heterocycles. The summed E-state index contributed by atoms with van der Waals surface area (Å²) in [5.74, 6) is 1.84. The zero-order valence-electron chi connectivity index (χ0n) is 16.6. The summed E-state index contributed by atoms with van der Waals surface area (Å²) >= 11 is 0. The van der Waals surface area contributed by atoms with Gasteiger partial charge in [0.05, 0.1) is 11.2 Å². The van der Waals surface area contributed by atoms with Crippen molar-refractivity contribution in [2.75, 3.05) is 31.6 Å². The first-order chi connectivity index (χ1) is 13.5. The van der Waals surface area contributed by atoms with Crippen molar-refractivity contribution in [3.63, 3.8) is 0 Å². The van der Waals surface area contributed by atoms with E-state index in [2.05, 4.69) is 56.9 Å². The van der Waals surface area contributed by atoms with Crippen molar-refractivity contribution in [3.05, 3.63) is 30.6 Å². The van der Waals surface area contributed by atoms with E-state index in [1.54, 1.807) is 6.33 Å². The van der Waals surface area contributed by atoms with Crippen LogP contribution in [0.1, 0.15) is 26.7 Å². The number of hydrogen-bond donors (Lipinski definition) is 1. The topological polar surface area (TPSA) is 70.2 Å². The Kier molecular flexibility index (Phi) is 4.01. The highest BCUT2D eigenvalue weighted by molar-refractivity contribution is 5.93. The average Bonchev–Trinajstić information content (AvgIpc) is 3.26. The van der Waals surface area contributed by atoms with Crippen LogP contribution in [-0.4, -0.2) is 63.4 Å². The predicted molar refractivity (Wildman–Crippen MR) is 110 cm³/mol. The van der Waals surface area contributed by atoms with Gasteiger partial charge in [-0.2, -0.15) is 5.10 Å². The van der Waals surface area contributed by atoms with Crippen LogP contribution in [0, 0.1) is 0 Å². The fourth-order valence-electron chi connectivity index (χ4n) is 3.72. The molecule has 0 bridgehead atoms. The van der Waals surface area contributed by atoms with Gasteiger partial charge in [-0.05, 0) is 51.9 Å². The van der Waals surface area contributed by atoms with Crippen LogP contribution in [0.4, 0.5) is 5.82 Å². The van der Waals surface area contributed by atoms with Gasteiger partial charge in [-0.1, -0.05) is 0 Å². The van der Waals surface area contributed by atoms with Crippen LogP contribution in [0.25, 0.3) is 22.3 Å². The van der Waals surface area contributed by atoms with Crippen molar-refractivity contribution in [1.82, 2.24) is 25.1 Å². The quantitative estimate of drug-likeness (QED) is 0.752. The number of hydrogen-bond acceptors (Lipinski definition) is 6. The maximum Gasteiger partial charge on any atom is 0.132 e. The minimum Gasteiger partial charge on any atom is -0.488 e. The molecular weight excluding hydrogens is 352 g/mol. The minimum absolute atomic E-state index is 0.00220. The molecule has 2 fully saturated rings. The highest BCUT2D eigenvalue weighted by Gasteiger charge is 2.40. The summed E-state index contributed by atoms with van der Waals surface area (Å²) in [6.07, 6.45) is 3.86. The lowest BCUT2D eigenvalue weighted by molar-refractivity contribution is 0.200. The Bertz CT molecular complexity index is 1010. The Hall–Kier alpha value is -2.67. The number of rotatable bonds is 4. The third kappa shape index (κ3) is 3.20. The van der Waals surface area contributed by atoms with Crippen molar-refractivity contribution in [3.8, 4) is 17.1 Å². The second-order valence-corrected chi connectivity index (χ2v) is 8.37. The van der Waals surface area contributed by atoms with Gasteiger partial charge in [-0.15, -0.1) is 0 Å². The molecule has 7 heteroatoms. The standard InChI is InChI=1S/C21H26N6O/c1-14-12-27(9-8-26(14)3)19-11-18(22-13-23-19)20-16-10-15(28-21(2)6-7-21)4-5-17(16)24-25-20/h4-5,10-11,13-14H,6-9,12H2,1-3H3,(H,24,25). The number of piperazine rings is 1. The first-order valence-corrected chi connectivity index (χ1v) is 9.95. The first-order valence-electron chi connectivity index (χ1n) is 9.95. The molecular formula is C21H26N6O. The Morgan fingerprint density at radius 3 is 2.82 bits per heavy atom. The number of ether oxygens (including phenoxy) is 1. The molecule has 1 N–H and O–H groups in total. The Morgan fingerprint density at radius 2 is 2.04 bits per heavy atom. The van der Waals surface area contributed by atoms with E-state index < -0.39 is 0 Å². The van der Waals surface area contributed by atoms with Gasteiger partial charge in [0.2, 0.25) is 0 Å². The van der Waals surface area contributed by atoms with Crippen molar-refractivity contribution in [2.24, 2.45) is 0 Å². The van der Waals surface area contributed by atoms with Crippen molar-refractivity contribution < 1.29 is 4.74 Å². The third-order valence-corrected chi connectivity index (χ3v) is 6.03. The molecule has 0 spiro atoms. The molecule has 7 nitrogen and oxygen atoms in total. The number of likely N-dealkylation sites (N-methyl/N-ethyl adjacent to an activating group) is 1. The Balaban J connectivity index is 1.47. The number of nitrogens with zero attached hydrogens (tertiary/aromatic N) is 5. The zero-order valence-corrected chi connectivity index (χ0v) is 16.6. The summed E-state index contributed by atoms with van der Waals surface area (Å²) in [6, 6.07) is 8.64. The smallest absolute Gasteiger partial charge is 0.132 e. The van der Waals surface area contributed by atoms with Gasteiger partial charge >= 0.3 is 0 Å². The molecule has 28 heavy (non-hydrogen) atoms. The predicted octanol–water partition coefficient (Wildman–Crippen LogP) is 3.09. The molecule has 0 radical (unpaired) electrons. The molecule has 1 saturated heterocycles. The Labute approximate surface area is 164 Å². The SMILES string of the molecule is CC1CN(c2cc(-c3n[nH]c4ccc(OC5(C)CC5)cc34)ncn2)CCN1C. The average molecular weight is 378 g/mol. The second kappa shape index (κ2) is 6.44. The molecule has 1 aliphatic heterocycles. The van der Waals surface area contributed by atoms with Crippen LogP contribution in [0.15, 0.2) is 30.6 Å². The van der Waals surface area contributed by atoms with E-state index in [-0.39, 0.29) is 5.60 Å². The van der Waals surface area contributed by atoms with Crippen LogP contribution in [0.2, 0.25) is 0 Å².